The van der Waals surface area contributed by atoms with E-state index < -0.39 is 0 Å². The van der Waals surface area contributed by atoms with Crippen LogP contribution >= 0.6 is 0 Å². The van der Waals surface area contributed by atoms with Crippen molar-refractivity contribution in [3.63, 3.8) is 0 Å². The van der Waals surface area contributed by atoms with Crippen molar-refractivity contribution >= 4 is 16.8 Å². The van der Waals surface area contributed by atoms with Crippen LogP contribution in [0.25, 0.3) is 10.9 Å². The summed E-state index contributed by atoms with van der Waals surface area (Å²) in [4.78, 5) is 15.4. The normalized spacial score (nSPS) is 9.72. The molecule has 0 spiro atoms. The number of rotatable bonds is 4. The number of para-hydroxylation sites is 1. The average molecular weight is 241 g/mol. The highest BCUT2D eigenvalue weighted by molar-refractivity contribution is 5.80. The minimum atomic E-state index is -0.329. The molecule has 0 aliphatic rings. The second-order valence-corrected chi connectivity index (χ2v) is 3.59. The molecule has 5 heteroatoms. The predicted octanol–water partition coefficient (Wildman–Crippen LogP) is 1.25. The van der Waals surface area contributed by atoms with Crippen molar-refractivity contribution in [2.24, 2.45) is 0 Å². The quantitative estimate of drug-likeness (QED) is 0.817. The molecule has 0 atom stereocenters. The Morgan fingerprint density at radius 3 is 3.11 bits per heavy atom. The molecule has 2 aromatic rings. The predicted molar refractivity (Wildman–Crippen MR) is 65.9 cm³/mol. The first-order valence-corrected chi connectivity index (χ1v) is 5.41. The van der Waals surface area contributed by atoms with Gasteiger partial charge >= 0.3 is 0 Å². The van der Waals surface area contributed by atoms with E-state index in [4.69, 9.17) is 10.00 Å². The van der Waals surface area contributed by atoms with Crippen LogP contribution in [0.1, 0.15) is 0 Å². The fourth-order valence-corrected chi connectivity index (χ4v) is 1.47. The summed E-state index contributed by atoms with van der Waals surface area (Å²) in [5.41, 5.74) is 0.874. The maximum Gasteiger partial charge on any atom is 0.258 e. The average Bonchev–Trinajstić information content (AvgIpc) is 2.42. The van der Waals surface area contributed by atoms with E-state index in [0.29, 0.717) is 5.75 Å². The molecule has 0 aliphatic carbocycles. The Balaban J connectivity index is 2.00. The zero-order valence-corrected chi connectivity index (χ0v) is 9.59. The fraction of sp³-hybridized carbons (Fsp3) is 0.154. The summed E-state index contributed by atoms with van der Waals surface area (Å²) in [5.74, 6) is 0.200. The Kier molecular flexibility index (Phi) is 3.72. The van der Waals surface area contributed by atoms with Gasteiger partial charge in [-0.1, -0.05) is 18.2 Å². The molecule has 5 nitrogen and oxygen atoms in total. The molecule has 0 saturated carbocycles. The van der Waals surface area contributed by atoms with Crippen molar-refractivity contribution in [1.82, 2.24) is 10.3 Å². The molecule has 0 aliphatic heterocycles. The largest absolute Gasteiger partial charge is 0.482 e. The molecule has 0 radical (unpaired) electrons. The highest BCUT2D eigenvalue weighted by Gasteiger charge is 2.03. The Bertz CT molecular complexity index is 604. The summed E-state index contributed by atoms with van der Waals surface area (Å²) in [5, 5.41) is 11.6. The number of ether oxygens (including phenoxy) is 1. The van der Waals surface area contributed by atoms with Crippen LogP contribution in [0.5, 0.6) is 5.75 Å². The third-order valence-electron chi connectivity index (χ3n) is 2.30. The highest BCUT2D eigenvalue weighted by Crippen LogP contribution is 2.17. The lowest BCUT2D eigenvalue weighted by atomic mass is 10.2. The van der Waals surface area contributed by atoms with Crippen LogP contribution in [0, 0.1) is 11.3 Å². The van der Waals surface area contributed by atoms with Crippen LogP contribution in [0.2, 0.25) is 0 Å². The smallest absolute Gasteiger partial charge is 0.258 e. The van der Waals surface area contributed by atoms with Crippen LogP contribution in [0.15, 0.2) is 36.5 Å². The molecule has 0 unspecified atom stereocenters. The van der Waals surface area contributed by atoms with Crippen molar-refractivity contribution in [3.05, 3.63) is 36.5 Å². The second kappa shape index (κ2) is 5.64. The lowest BCUT2D eigenvalue weighted by Crippen LogP contribution is -2.29. The van der Waals surface area contributed by atoms with Gasteiger partial charge in [0.25, 0.3) is 5.91 Å². The van der Waals surface area contributed by atoms with Crippen LogP contribution in [-0.2, 0) is 4.79 Å². The molecule has 0 bridgehead atoms. The molecular weight excluding hydrogens is 230 g/mol. The minimum Gasteiger partial charge on any atom is -0.482 e. The standard InChI is InChI=1S/C13H11N3O2/c14-5-6-15-13(17)9-18-11-7-10-3-1-2-4-12(10)16-8-11/h1-4,7-8H,6,9H2,(H,15,17). The van der Waals surface area contributed by atoms with Gasteiger partial charge in [0.15, 0.2) is 6.61 Å². The van der Waals surface area contributed by atoms with Crippen LogP contribution in [-0.4, -0.2) is 24.0 Å². The lowest BCUT2D eigenvalue weighted by molar-refractivity contribution is -0.122. The number of pyridine rings is 1. The fourth-order valence-electron chi connectivity index (χ4n) is 1.47. The number of carbonyl (C=O) groups excluding carboxylic acids is 1. The van der Waals surface area contributed by atoms with Gasteiger partial charge in [-0.15, -0.1) is 0 Å². The summed E-state index contributed by atoms with van der Waals surface area (Å²) < 4.78 is 5.29. The molecule has 1 N–H and O–H groups in total. The van der Waals surface area contributed by atoms with E-state index in [1.54, 1.807) is 6.20 Å². The van der Waals surface area contributed by atoms with Gasteiger partial charge in [0, 0.05) is 5.39 Å². The first-order valence-electron chi connectivity index (χ1n) is 5.41. The molecule has 2 rings (SSSR count). The van der Waals surface area contributed by atoms with Gasteiger partial charge in [-0.05, 0) is 12.1 Å². The number of nitrogens with zero attached hydrogens (tertiary/aromatic N) is 2. The van der Waals surface area contributed by atoms with Gasteiger partial charge < -0.3 is 10.1 Å². The van der Waals surface area contributed by atoms with Crippen molar-refractivity contribution in [3.8, 4) is 11.8 Å². The van der Waals surface area contributed by atoms with E-state index >= 15 is 0 Å². The lowest BCUT2D eigenvalue weighted by Gasteiger charge is -2.06. The number of nitriles is 1. The summed E-state index contributed by atoms with van der Waals surface area (Å²) in [6.45, 7) is -0.139. The summed E-state index contributed by atoms with van der Waals surface area (Å²) in [6.07, 6.45) is 1.57. The highest BCUT2D eigenvalue weighted by atomic mass is 16.5. The zero-order chi connectivity index (χ0) is 12.8. The van der Waals surface area contributed by atoms with Gasteiger partial charge in [-0.3, -0.25) is 9.78 Å². The molecule has 1 amide bonds. The van der Waals surface area contributed by atoms with Crippen molar-refractivity contribution < 1.29 is 9.53 Å². The summed E-state index contributed by atoms with van der Waals surface area (Å²) in [6, 6.07) is 11.3. The second-order valence-electron chi connectivity index (χ2n) is 3.59. The van der Waals surface area contributed by atoms with E-state index in [1.807, 2.05) is 36.4 Å². The number of carbonyl (C=O) groups is 1. The molecule has 0 saturated heterocycles. The van der Waals surface area contributed by atoms with Gasteiger partial charge in [0.1, 0.15) is 12.3 Å². The third-order valence-corrected chi connectivity index (χ3v) is 2.30. The first-order chi connectivity index (χ1) is 8.79. The Labute approximate surface area is 104 Å². The molecule has 1 aromatic carbocycles. The number of amides is 1. The monoisotopic (exact) mass is 241 g/mol. The Morgan fingerprint density at radius 1 is 1.44 bits per heavy atom. The minimum absolute atomic E-state index is 0.0157. The summed E-state index contributed by atoms with van der Waals surface area (Å²) >= 11 is 0. The number of fused-ring (bicyclic) bond motifs is 1. The van der Waals surface area contributed by atoms with E-state index in [2.05, 4.69) is 10.3 Å². The van der Waals surface area contributed by atoms with E-state index in [0.717, 1.165) is 10.9 Å². The van der Waals surface area contributed by atoms with E-state index in [1.165, 1.54) is 0 Å². The molecule has 1 aromatic heterocycles. The zero-order valence-electron chi connectivity index (χ0n) is 9.59. The topological polar surface area (TPSA) is 75.0 Å². The number of nitrogens with one attached hydrogen (secondary N) is 1. The number of hydrogen-bond acceptors (Lipinski definition) is 4. The third kappa shape index (κ3) is 2.95. The molecule has 1 heterocycles. The molecular formula is C13H11N3O2. The van der Waals surface area contributed by atoms with Gasteiger partial charge in [-0.25, -0.2) is 0 Å². The maximum absolute atomic E-state index is 11.2. The number of benzene rings is 1. The summed E-state index contributed by atoms with van der Waals surface area (Å²) in [7, 11) is 0. The molecule has 90 valence electrons. The van der Waals surface area contributed by atoms with Crippen LogP contribution < -0.4 is 10.1 Å². The van der Waals surface area contributed by atoms with E-state index in [-0.39, 0.29) is 19.1 Å². The SMILES string of the molecule is N#CCNC(=O)COc1cnc2ccccc2c1. The molecule has 0 fully saturated rings. The van der Waals surface area contributed by atoms with Crippen molar-refractivity contribution in [2.45, 2.75) is 0 Å². The van der Waals surface area contributed by atoms with Gasteiger partial charge in [-0.2, -0.15) is 5.26 Å². The Morgan fingerprint density at radius 2 is 2.28 bits per heavy atom. The van der Waals surface area contributed by atoms with Crippen molar-refractivity contribution in [2.75, 3.05) is 13.2 Å². The maximum atomic E-state index is 11.2. The van der Waals surface area contributed by atoms with Crippen molar-refractivity contribution in [1.29, 1.82) is 5.26 Å². The van der Waals surface area contributed by atoms with Crippen LogP contribution in [0.3, 0.4) is 0 Å². The Hall–Kier alpha value is -2.61. The first kappa shape index (κ1) is 11.9. The van der Waals surface area contributed by atoms with Crippen LogP contribution in [0.4, 0.5) is 0 Å². The molecule has 18 heavy (non-hydrogen) atoms. The van der Waals surface area contributed by atoms with Gasteiger partial charge in [0.2, 0.25) is 0 Å². The number of aromatic nitrogens is 1. The van der Waals surface area contributed by atoms with Gasteiger partial charge in [0.05, 0.1) is 17.8 Å². The van der Waals surface area contributed by atoms with E-state index in [9.17, 15) is 4.79 Å². The number of hydrogen-bond donors (Lipinski definition) is 1.